The molecule has 1 amide bonds. The van der Waals surface area contributed by atoms with Gasteiger partial charge in [0.25, 0.3) is 5.91 Å². The second-order valence-corrected chi connectivity index (χ2v) is 16.4. The lowest BCUT2D eigenvalue weighted by molar-refractivity contribution is -0.123. The lowest BCUT2D eigenvalue weighted by atomic mass is 9.97. The highest BCUT2D eigenvalue weighted by Crippen LogP contribution is 2.37. The number of furan rings is 1. The van der Waals surface area contributed by atoms with Crippen LogP contribution in [0.15, 0.2) is 81.5 Å². The maximum absolute atomic E-state index is 14.1. The zero-order valence-electron chi connectivity index (χ0n) is 36.9. The zero-order valence-corrected chi connectivity index (χ0v) is 37.7. The molecule has 4 rings (SSSR count). The SMILES string of the molecule is CCN(CC)CCCOc1ccc(C(=O)c2c(-c3ccc(OCC(=O)NCCN(CCNC(C)(C)/C(C)=N/O)CCNC(C)(C)/C(C)=N/O)cc3)oc3ccc(Cl)cc23)cc1. The van der Waals surface area contributed by atoms with Gasteiger partial charge in [-0.15, -0.1) is 0 Å². The molecule has 0 aliphatic heterocycles. The molecular formula is C46H64ClN7O7. The highest BCUT2D eigenvalue weighted by molar-refractivity contribution is 6.32. The van der Waals surface area contributed by atoms with E-state index in [9.17, 15) is 20.0 Å². The van der Waals surface area contributed by atoms with Crippen molar-refractivity contribution in [2.45, 2.75) is 72.9 Å². The maximum Gasteiger partial charge on any atom is 0.257 e. The monoisotopic (exact) mass is 861 g/mol. The Bertz CT molecular complexity index is 2040. The van der Waals surface area contributed by atoms with E-state index in [0.717, 1.165) is 26.1 Å². The molecule has 0 saturated carbocycles. The van der Waals surface area contributed by atoms with E-state index in [-0.39, 0.29) is 18.3 Å². The van der Waals surface area contributed by atoms with Crippen molar-refractivity contribution in [3.05, 3.63) is 82.9 Å². The van der Waals surface area contributed by atoms with E-state index in [4.69, 9.17) is 25.5 Å². The highest BCUT2D eigenvalue weighted by Gasteiger charge is 2.25. The van der Waals surface area contributed by atoms with Crippen LogP contribution >= 0.6 is 11.6 Å². The number of benzene rings is 3. The van der Waals surface area contributed by atoms with E-state index in [1.54, 1.807) is 68.4 Å². The standard InChI is InChI=1S/C46H64ClN7O7/c1-9-53(10-2)25-11-29-59-37-17-12-34(13-18-37)43(56)42-39-30-36(47)16-21-40(39)61-44(42)35-14-19-38(20-15-35)60-31-41(55)48-22-26-54(27-23-49-45(5,6)32(3)51-57)28-24-50-46(7,8)33(4)52-58/h12-21,30,49-50,57-58H,9-11,22-29,31H2,1-8H3,(H,48,55)/b51-32+,52-33+. The van der Waals surface area contributed by atoms with Crippen molar-refractivity contribution in [3.63, 3.8) is 0 Å². The molecule has 1 aromatic heterocycles. The summed E-state index contributed by atoms with van der Waals surface area (Å²) in [5.41, 5.74) is 2.24. The van der Waals surface area contributed by atoms with Gasteiger partial charge in [0.2, 0.25) is 0 Å². The van der Waals surface area contributed by atoms with Gasteiger partial charge in [-0.1, -0.05) is 35.8 Å². The number of hydrogen-bond donors (Lipinski definition) is 5. The normalized spacial score (nSPS) is 12.7. The van der Waals surface area contributed by atoms with Crippen molar-refractivity contribution < 1.29 is 33.9 Å². The van der Waals surface area contributed by atoms with Crippen LogP contribution in [0.3, 0.4) is 0 Å². The van der Waals surface area contributed by atoms with E-state index in [2.05, 4.69) is 49.9 Å². The minimum Gasteiger partial charge on any atom is -0.494 e. The van der Waals surface area contributed by atoms with Crippen molar-refractivity contribution in [3.8, 4) is 22.8 Å². The molecule has 61 heavy (non-hydrogen) atoms. The van der Waals surface area contributed by atoms with Crippen LogP contribution in [0.5, 0.6) is 11.5 Å². The molecule has 0 aliphatic rings. The molecule has 15 heteroatoms. The minimum atomic E-state index is -0.493. The van der Waals surface area contributed by atoms with Crippen molar-refractivity contribution >= 4 is 45.7 Å². The van der Waals surface area contributed by atoms with E-state index >= 15 is 0 Å². The number of amides is 1. The first kappa shape index (κ1) is 48.7. The van der Waals surface area contributed by atoms with Crippen molar-refractivity contribution in [2.75, 3.05) is 72.1 Å². The number of carbonyl (C=O) groups excluding carboxylic acids is 2. The minimum absolute atomic E-state index is 0.188. The van der Waals surface area contributed by atoms with E-state index < -0.39 is 11.1 Å². The third-order valence-electron chi connectivity index (χ3n) is 11.1. The molecule has 14 nitrogen and oxygen atoms in total. The molecule has 0 radical (unpaired) electrons. The highest BCUT2D eigenvalue weighted by atomic mass is 35.5. The molecule has 0 saturated heterocycles. The van der Waals surface area contributed by atoms with Crippen LogP contribution in [0.1, 0.15) is 77.7 Å². The summed E-state index contributed by atoms with van der Waals surface area (Å²) in [5, 5.41) is 36.1. The Balaban J connectivity index is 1.36. The maximum atomic E-state index is 14.1. The van der Waals surface area contributed by atoms with Gasteiger partial charge in [0.1, 0.15) is 22.8 Å². The quantitative estimate of drug-likeness (QED) is 0.0141. The molecule has 4 aromatic rings. The van der Waals surface area contributed by atoms with Crippen LogP contribution in [0.4, 0.5) is 0 Å². The van der Waals surface area contributed by atoms with Crippen LogP contribution in [-0.4, -0.2) is 127 Å². The summed E-state index contributed by atoms with van der Waals surface area (Å²) in [7, 11) is 0. The smallest absolute Gasteiger partial charge is 0.257 e. The van der Waals surface area contributed by atoms with Gasteiger partial charge in [-0.3, -0.25) is 14.5 Å². The molecule has 5 N–H and O–H groups in total. The van der Waals surface area contributed by atoms with E-state index in [1.807, 2.05) is 39.8 Å². The molecule has 332 valence electrons. The molecule has 0 unspecified atom stereocenters. The molecule has 0 atom stereocenters. The number of hydrogen-bond acceptors (Lipinski definition) is 13. The number of nitrogens with zero attached hydrogens (tertiary/aromatic N) is 4. The van der Waals surface area contributed by atoms with Gasteiger partial charge in [-0.2, -0.15) is 0 Å². The number of ketones is 1. The Labute approximate surface area is 365 Å². The third kappa shape index (κ3) is 14.3. The molecular weight excluding hydrogens is 798 g/mol. The van der Waals surface area contributed by atoms with Crippen molar-refractivity contribution in [2.24, 2.45) is 10.3 Å². The fraction of sp³-hybridized carbons (Fsp3) is 0.478. The molecule has 3 aromatic carbocycles. The Morgan fingerprint density at radius 1 is 0.754 bits per heavy atom. The zero-order chi connectivity index (χ0) is 44.6. The first-order chi connectivity index (χ1) is 29.1. The fourth-order valence-electron chi connectivity index (χ4n) is 6.51. The van der Waals surface area contributed by atoms with Gasteiger partial charge in [0, 0.05) is 67.3 Å². The fourth-order valence-corrected chi connectivity index (χ4v) is 6.69. The van der Waals surface area contributed by atoms with Crippen LogP contribution < -0.4 is 25.4 Å². The Hall–Kier alpha value is -4.99. The number of carbonyl (C=O) groups is 2. The van der Waals surface area contributed by atoms with Gasteiger partial charge in [0.05, 0.1) is 34.7 Å². The summed E-state index contributed by atoms with van der Waals surface area (Å²) in [4.78, 5) is 31.6. The predicted octanol–water partition coefficient (Wildman–Crippen LogP) is 7.33. The lowest BCUT2D eigenvalue weighted by Gasteiger charge is -2.30. The van der Waals surface area contributed by atoms with Crippen molar-refractivity contribution in [1.29, 1.82) is 0 Å². The summed E-state index contributed by atoms with van der Waals surface area (Å²) < 4.78 is 18.1. The largest absolute Gasteiger partial charge is 0.494 e. The van der Waals surface area contributed by atoms with E-state index in [0.29, 0.717) is 107 Å². The number of halogens is 1. The van der Waals surface area contributed by atoms with Crippen LogP contribution in [0, 0.1) is 0 Å². The number of rotatable bonds is 26. The summed E-state index contributed by atoms with van der Waals surface area (Å²) in [6.45, 7) is 22.5. The molecule has 0 fully saturated rings. The van der Waals surface area contributed by atoms with Gasteiger partial charge >= 0.3 is 0 Å². The van der Waals surface area contributed by atoms with Gasteiger partial charge in [0.15, 0.2) is 12.4 Å². The van der Waals surface area contributed by atoms with Gasteiger partial charge in [-0.25, -0.2) is 0 Å². The Kier molecular flexibility index (Phi) is 18.6. The predicted molar refractivity (Wildman–Crippen MR) is 243 cm³/mol. The second-order valence-electron chi connectivity index (χ2n) is 16.0. The van der Waals surface area contributed by atoms with Crippen LogP contribution in [0.25, 0.3) is 22.3 Å². The molecule has 1 heterocycles. The third-order valence-corrected chi connectivity index (χ3v) is 11.3. The summed E-state index contributed by atoms with van der Waals surface area (Å²) in [5.74, 6) is 1.10. The summed E-state index contributed by atoms with van der Waals surface area (Å²) >= 11 is 6.39. The summed E-state index contributed by atoms with van der Waals surface area (Å²) in [6, 6.07) is 19.4. The molecule has 0 aliphatic carbocycles. The molecule has 0 bridgehead atoms. The Morgan fingerprint density at radius 2 is 1.31 bits per heavy atom. The topological polar surface area (TPSA) is 173 Å². The summed E-state index contributed by atoms with van der Waals surface area (Å²) in [6.07, 6.45) is 0.911. The average molecular weight is 863 g/mol. The number of ether oxygens (including phenoxy) is 2. The number of oxime groups is 2. The lowest BCUT2D eigenvalue weighted by Crippen LogP contribution is -2.51. The average Bonchev–Trinajstić information content (AvgIpc) is 3.63. The first-order valence-corrected chi connectivity index (χ1v) is 21.3. The van der Waals surface area contributed by atoms with Gasteiger partial charge < -0.3 is 45.2 Å². The van der Waals surface area contributed by atoms with Crippen LogP contribution in [0.2, 0.25) is 5.02 Å². The van der Waals surface area contributed by atoms with E-state index in [1.165, 1.54) is 0 Å². The Morgan fingerprint density at radius 3 is 1.89 bits per heavy atom. The number of fused-ring (bicyclic) bond motifs is 1. The molecule has 0 spiro atoms. The first-order valence-electron chi connectivity index (χ1n) is 20.9. The van der Waals surface area contributed by atoms with Crippen LogP contribution in [-0.2, 0) is 4.79 Å². The second kappa shape index (κ2) is 23.3. The van der Waals surface area contributed by atoms with Crippen molar-refractivity contribution in [1.82, 2.24) is 25.8 Å². The number of nitrogens with one attached hydrogen (secondary N) is 3. The van der Waals surface area contributed by atoms with Gasteiger partial charge in [-0.05, 0) is 128 Å².